The summed E-state index contributed by atoms with van der Waals surface area (Å²) in [6.07, 6.45) is -2.63. The molecule has 0 aliphatic rings. The standard InChI is InChI=1S/C27H20F6/c1-2-16-3-5-17(6-4-16)7-8-18-9-11-21-19(13-18)10-12-22(26(21)30)20-14-23(28)25(24(29)15-20)27(31,32)33/h3-6,9-15H,2,7-8H2,1H3. The van der Waals surface area contributed by atoms with E-state index in [2.05, 4.69) is 31.2 Å². The van der Waals surface area contributed by atoms with Gasteiger partial charge in [-0.25, -0.2) is 13.2 Å². The van der Waals surface area contributed by atoms with Crippen LogP contribution in [0, 0.1) is 17.5 Å². The third-order valence-corrected chi connectivity index (χ3v) is 5.79. The van der Waals surface area contributed by atoms with Gasteiger partial charge in [0, 0.05) is 10.9 Å². The van der Waals surface area contributed by atoms with Crippen molar-refractivity contribution in [3.05, 3.63) is 106 Å². The molecule has 0 aromatic heterocycles. The highest BCUT2D eigenvalue weighted by Crippen LogP contribution is 2.37. The minimum Gasteiger partial charge on any atom is -0.206 e. The molecule has 0 N–H and O–H groups in total. The molecule has 0 nitrogen and oxygen atoms in total. The zero-order valence-electron chi connectivity index (χ0n) is 17.7. The van der Waals surface area contributed by atoms with Crippen LogP contribution in [0.2, 0.25) is 0 Å². The molecule has 4 aromatic rings. The predicted molar refractivity (Wildman–Crippen MR) is 117 cm³/mol. The first-order valence-electron chi connectivity index (χ1n) is 10.5. The molecule has 33 heavy (non-hydrogen) atoms. The van der Waals surface area contributed by atoms with Crippen molar-refractivity contribution in [3.8, 4) is 11.1 Å². The van der Waals surface area contributed by atoms with E-state index >= 15 is 4.39 Å². The Bertz CT molecular complexity index is 1280. The van der Waals surface area contributed by atoms with E-state index in [4.69, 9.17) is 0 Å². The predicted octanol–water partition coefficient (Wildman–Crippen LogP) is 8.29. The smallest absolute Gasteiger partial charge is 0.206 e. The van der Waals surface area contributed by atoms with Crippen molar-refractivity contribution in [2.75, 3.05) is 0 Å². The van der Waals surface area contributed by atoms with E-state index < -0.39 is 29.2 Å². The summed E-state index contributed by atoms with van der Waals surface area (Å²) < 4.78 is 81.6. The summed E-state index contributed by atoms with van der Waals surface area (Å²) in [6.45, 7) is 2.10. The van der Waals surface area contributed by atoms with Crippen LogP contribution in [0.25, 0.3) is 21.9 Å². The van der Waals surface area contributed by atoms with Gasteiger partial charge in [0.05, 0.1) is 0 Å². The van der Waals surface area contributed by atoms with Crippen molar-refractivity contribution < 1.29 is 26.3 Å². The van der Waals surface area contributed by atoms with E-state index in [1.807, 2.05) is 6.07 Å². The molecule has 0 spiro atoms. The molecule has 0 aliphatic heterocycles. The van der Waals surface area contributed by atoms with Gasteiger partial charge in [0.25, 0.3) is 0 Å². The Kier molecular flexibility index (Phi) is 6.19. The van der Waals surface area contributed by atoms with Gasteiger partial charge in [-0.15, -0.1) is 0 Å². The topological polar surface area (TPSA) is 0 Å². The Balaban J connectivity index is 1.62. The molecule has 0 unspecified atom stereocenters. The molecule has 0 saturated carbocycles. The monoisotopic (exact) mass is 458 g/mol. The quantitative estimate of drug-likeness (QED) is 0.264. The van der Waals surface area contributed by atoms with Gasteiger partial charge in [0.15, 0.2) is 0 Å². The minimum absolute atomic E-state index is 0.169. The van der Waals surface area contributed by atoms with Crippen LogP contribution in [-0.4, -0.2) is 0 Å². The largest absolute Gasteiger partial charge is 0.422 e. The third-order valence-electron chi connectivity index (χ3n) is 5.79. The van der Waals surface area contributed by atoms with Crippen LogP contribution in [0.4, 0.5) is 26.3 Å². The molecule has 0 aliphatic carbocycles. The first-order valence-corrected chi connectivity index (χ1v) is 10.5. The van der Waals surface area contributed by atoms with E-state index in [0.29, 0.717) is 17.5 Å². The lowest BCUT2D eigenvalue weighted by molar-refractivity contribution is -0.142. The van der Waals surface area contributed by atoms with Gasteiger partial charge in [0.2, 0.25) is 0 Å². The molecule has 6 heteroatoms. The van der Waals surface area contributed by atoms with Crippen molar-refractivity contribution in [1.82, 2.24) is 0 Å². The van der Waals surface area contributed by atoms with Crippen molar-refractivity contribution in [1.29, 1.82) is 0 Å². The molecular weight excluding hydrogens is 438 g/mol. The Hall–Kier alpha value is -3.28. The van der Waals surface area contributed by atoms with Gasteiger partial charge in [-0.05, 0) is 59.0 Å². The Morgan fingerprint density at radius 2 is 1.24 bits per heavy atom. The second-order valence-electron chi connectivity index (χ2n) is 7.97. The van der Waals surface area contributed by atoms with Gasteiger partial charge in [-0.1, -0.05) is 61.5 Å². The lowest BCUT2D eigenvalue weighted by atomic mass is 9.96. The maximum absolute atomic E-state index is 15.1. The fourth-order valence-electron chi connectivity index (χ4n) is 3.95. The molecule has 4 rings (SSSR count). The van der Waals surface area contributed by atoms with Crippen LogP contribution in [0.15, 0.2) is 66.7 Å². The summed E-state index contributed by atoms with van der Waals surface area (Å²) in [4.78, 5) is 0. The average Bonchev–Trinajstić information content (AvgIpc) is 2.76. The second-order valence-corrected chi connectivity index (χ2v) is 7.97. The van der Waals surface area contributed by atoms with Crippen molar-refractivity contribution in [2.24, 2.45) is 0 Å². The highest BCUT2D eigenvalue weighted by molar-refractivity contribution is 5.88. The van der Waals surface area contributed by atoms with Crippen molar-refractivity contribution in [2.45, 2.75) is 32.4 Å². The summed E-state index contributed by atoms with van der Waals surface area (Å²) in [7, 11) is 0. The highest BCUT2D eigenvalue weighted by atomic mass is 19.4. The van der Waals surface area contributed by atoms with Gasteiger partial charge >= 0.3 is 6.18 Å². The molecule has 170 valence electrons. The second kappa shape index (κ2) is 8.93. The summed E-state index contributed by atoms with van der Waals surface area (Å²) in [5.41, 5.74) is 1.01. The third kappa shape index (κ3) is 4.75. The number of alkyl halides is 3. The van der Waals surface area contributed by atoms with Crippen LogP contribution in [0.1, 0.15) is 29.2 Å². The maximum Gasteiger partial charge on any atom is 0.422 e. The van der Waals surface area contributed by atoms with Crippen LogP contribution in [0.3, 0.4) is 0 Å². The summed E-state index contributed by atoms with van der Waals surface area (Å²) in [5.74, 6) is -4.30. The molecule has 4 aromatic carbocycles. The fraction of sp³-hybridized carbons (Fsp3) is 0.185. The Morgan fingerprint density at radius 3 is 1.85 bits per heavy atom. The van der Waals surface area contributed by atoms with E-state index in [0.717, 1.165) is 24.8 Å². The van der Waals surface area contributed by atoms with E-state index in [1.165, 1.54) is 17.2 Å². The van der Waals surface area contributed by atoms with Gasteiger partial charge in [0.1, 0.15) is 23.0 Å². The lowest BCUT2D eigenvalue weighted by Gasteiger charge is -2.13. The molecule has 0 atom stereocenters. The molecule has 0 saturated heterocycles. The number of fused-ring (bicyclic) bond motifs is 1. The van der Waals surface area contributed by atoms with Crippen molar-refractivity contribution >= 4 is 10.8 Å². The Morgan fingerprint density at radius 1 is 0.667 bits per heavy atom. The first-order chi connectivity index (χ1) is 15.7. The number of aryl methyl sites for hydroxylation is 3. The van der Waals surface area contributed by atoms with E-state index in [9.17, 15) is 22.0 Å². The minimum atomic E-state index is -5.18. The van der Waals surface area contributed by atoms with Crippen LogP contribution in [0.5, 0.6) is 0 Å². The SMILES string of the molecule is CCc1ccc(CCc2ccc3c(F)c(-c4cc(F)c(C(F)(F)F)c(F)c4)ccc3c2)cc1. The maximum atomic E-state index is 15.1. The number of hydrogen-bond donors (Lipinski definition) is 0. The number of hydrogen-bond acceptors (Lipinski definition) is 0. The number of rotatable bonds is 5. The van der Waals surface area contributed by atoms with Crippen molar-refractivity contribution in [3.63, 3.8) is 0 Å². The van der Waals surface area contributed by atoms with Gasteiger partial charge < -0.3 is 0 Å². The van der Waals surface area contributed by atoms with Crippen LogP contribution < -0.4 is 0 Å². The molecule has 0 amide bonds. The fourth-order valence-corrected chi connectivity index (χ4v) is 3.95. The molecule has 0 bridgehead atoms. The Labute approximate surface area is 187 Å². The van der Waals surface area contributed by atoms with Gasteiger partial charge in [-0.2, -0.15) is 13.2 Å². The molecule has 0 radical (unpaired) electrons. The molecular formula is C27H20F6. The first kappa shape index (κ1) is 22.9. The summed E-state index contributed by atoms with van der Waals surface area (Å²) in [5, 5.41) is 0.826. The number of benzene rings is 4. The lowest BCUT2D eigenvalue weighted by Crippen LogP contribution is -2.11. The zero-order valence-corrected chi connectivity index (χ0v) is 17.7. The molecule has 0 fully saturated rings. The van der Waals surface area contributed by atoms with E-state index in [1.54, 1.807) is 18.2 Å². The highest BCUT2D eigenvalue weighted by Gasteiger charge is 2.38. The summed E-state index contributed by atoms with van der Waals surface area (Å²) in [6, 6.07) is 17.5. The van der Waals surface area contributed by atoms with Crippen LogP contribution in [-0.2, 0) is 25.4 Å². The average molecular weight is 458 g/mol. The number of halogens is 6. The van der Waals surface area contributed by atoms with Gasteiger partial charge in [-0.3, -0.25) is 0 Å². The zero-order chi connectivity index (χ0) is 23.8. The van der Waals surface area contributed by atoms with E-state index in [-0.39, 0.29) is 16.5 Å². The summed E-state index contributed by atoms with van der Waals surface area (Å²) >= 11 is 0. The normalized spacial score (nSPS) is 11.8. The molecule has 0 heterocycles. The van der Waals surface area contributed by atoms with Crippen LogP contribution >= 0.6 is 0 Å².